The van der Waals surface area contributed by atoms with Crippen molar-refractivity contribution in [3.63, 3.8) is 0 Å². The fourth-order valence-corrected chi connectivity index (χ4v) is 2.33. The third-order valence-corrected chi connectivity index (χ3v) is 3.48. The van der Waals surface area contributed by atoms with Gasteiger partial charge in [0.15, 0.2) is 0 Å². The highest BCUT2D eigenvalue weighted by Crippen LogP contribution is 2.24. The summed E-state index contributed by atoms with van der Waals surface area (Å²) in [5.74, 6) is 0. The van der Waals surface area contributed by atoms with E-state index < -0.39 is 0 Å². The molecule has 1 unspecified atom stereocenters. The molecule has 0 aliphatic heterocycles. The van der Waals surface area contributed by atoms with E-state index in [4.69, 9.17) is 0 Å². The van der Waals surface area contributed by atoms with Gasteiger partial charge in [-0.15, -0.1) is 0 Å². The minimum absolute atomic E-state index is 0.496. The second kappa shape index (κ2) is 4.36. The summed E-state index contributed by atoms with van der Waals surface area (Å²) >= 11 is 0. The summed E-state index contributed by atoms with van der Waals surface area (Å²) in [6.07, 6.45) is 4.11. The molecule has 0 bridgehead atoms. The summed E-state index contributed by atoms with van der Waals surface area (Å²) in [4.78, 5) is 0. The first-order valence-corrected chi connectivity index (χ1v) is 6.00. The molecule has 1 heteroatoms. The minimum Gasteiger partial charge on any atom is -0.307 e. The number of rotatable bonds is 3. The second-order valence-electron chi connectivity index (χ2n) is 4.88. The van der Waals surface area contributed by atoms with Crippen LogP contribution in [-0.2, 0) is 0 Å². The van der Waals surface area contributed by atoms with Gasteiger partial charge >= 0.3 is 0 Å². The molecule has 0 radical (unpaired) electrons. The number of benzene rings is 1. The highest BCUT2D eigenvalue weighted by atomic mass is 15.0. The van der Waals surface area contributed by atoms with E-state index in [0.29, 0.717) is 6.04 Å². The maximum Gasteiger partial charge on any atom is 0.0296 e. The number of hydrogen-bond acceptors (Lipinski definition) is 1. The van der Waals surface area contributed by atoms with Crippen LogP contribution in [0.3, 0.4) is 0 Å². The Hall–Kier alpha value is -0.820. The van der Waals surface area contributed by atoms with Crippen molar-refractivity contribution in [3.8, 4) is 0 Å². The second-order valence-corrected chi connectivity index (χ2v) is 4.88. The van der Waals surface area contributed by atoms with Crippen molar-refractivity contribution in [1.29, 1.82) is 0 Å². The lowest BCUT2D eigenvalue weighted by Crippen LogP contribution is -2.37. The van der Waals surface area contributed by atoms with Crippen LogP contribution in [0.5, 0.6) is 0 Å². The van der Waals surface area contributed by atoms with Crippen LogP contribution in [0, 0.1) is 13.8 Å². The molecule has 0 saturated heterocycles. The first-order chi connectivity index (χ1) is 7.16. The van der Waals surface area contributed by atoms with Gasteiger partial charge in [0.1, 0.15) is 0 Å². The van der Waals surface area contributed by atoms with Gasteiger partial charge in [0.2, 0.25) is 0 Å². The molecule has 0 amide bonds. The van der Waals surface area contributed by atoms with Gasteiger partial charge in [-0.05, 0) is 44.7 Å². The molecule has 15 heavy (non-hydrogen) atoms. The van der Waals surface area contributed by atoms with E-state index in [-0.39, 0.29) is 0 Å². The van der Waals surface area contributed by atoms with Gasteiger partial charge in [-0.3, -0.25) is 0 Å². The van der Waals surface area contributed by atoms with Crippen molar-refractivity contribution in [1.82, 2.24) is 5.32 Å². The Kier molecular flexibility index (Phi) is 3.11. The van der Waals surface area contributed by atoms with Crippen LogP contribution in [-0.4, -0.2) is 6.04 Å². The van der Waals surface area contributed by atoms with E-state index in [9.17, 15) is 0 Å². The van der Waals surface area contributed by atoms with Gasteiger partial charge < -0.3 is 5.32 Å². The minimum atomic E-state index is 0.496. The predicted molar refractivity (Wildman–Crippen MR) is 65.1 cm³/mol. The standard InChI is InChI=1S/C14H21N/c1-10-7-8-14(11(2)9-10)12(3)15-13-5-4-6-13/h7-9,12-13,15H,4-6H2,1-3H3. The van der Waals surface area contributed by atoms with Crippen LogP contribution < -0.4 is 5.32 Å². The van der Waals surface area contributed by atoms with Gasteiger partial charge in [-0.2, -0.15) is 0 Å². The molecule has 1 aromatic rings. The Morgan fingerprint density at radius 2 is 2.00 bits per heavy atom. The quantitative estimate of drug-likeness (QED) is 0.792. The molecule has 1 N–H and O–H groups in total. The predicted octanol–water partition coefficient (Wildman–Crippen LogP) is 3.51. The van der Waals surface area contributed by atoms with Gasteiger partial charge in [-0.1, -0.05) is 30.2 Å². The zero-order chi connectivity index (χ0) is 10.8. The topological polar surface area (TPSA) is 12.0 Å². The zero-order valence-electron chi connectivity index (χ0n) is 10.0. The molecule has 1 aromatic carbocycles. The Balaban J connectivity index is 2.06. The Morgan fingerprint density at radius 3 is 2.53 bits per heavy atom. The van der Waals surface area contributed by atoms with Crippen LogP contribution in [0.2, 0.25) is 0 Å². The SMILES string of the molecule is Cc1ccc(C(C)NC2CCC2)c(C)c1. The average molecular weight is 203 g/mol. The monoisotopic (exact) mass is 203 g/mol. The number of hydrogen-bond donors (Lipinski definition) is 1. The van der Waals surface area contributed by atoms with E-state index in [1.165, 1.54) is 36.0 Å². The van der Waals surface area contributed by atoms with Gasteiger partial charge in [0.25, 0.3) is 0 Å². The van der Waals surface area contributed by atoms with E-state index in [0.717, 1.165) is 6.04 Å². The van der Waals surface area contributed by atoms with E-state index in [2.05, 4.69) is 44.3 Å². The lowest BCUT2D eigenvalue weighted by atomic mass is 9.91. The van der Waals surface area contributed by atoms with Crippen molar-refractivity contribution < 1.29 is 0 Å². The highest BCUT2D eigenvalue weighted by molar-refractivity contribution is 5.32. The normalized spacial score (nSPS) is 18.6. The summed E-state index contributed by atoms with van der Waals surface area (Å²) in [6.45, 7) is 6.64. The van der Waals surface area contributed by atoms with Gasteiger partial charge in [0, 0.05) is 12.1 Å². The molecule has 1 nitrogen and oxygen atoms in total. The molecule has 0 spiro atoms. The van der Waals surface area contributed by atoms with E-state index >= 15 is 0 Å². The van der Waals surface area contributed by atoms with Crippen LogP contribution in [0.1, 0.15) is 48.9 Å². The van der Waals surface area contributed by atoms with E-state index in [1.54, 1.807) is 0 Å². The summed E-state index contributed by atoms with van der Waals surface area (Å²) < 4.78 is 0. The average Bonchev–Trinajstić information content (AvgIpc) is 2.11. The molecule has 1 atom stereocenters. The summed E-state index contributed by atoms with van der Waals surface area (Å²) in [5, 5.41) is 3.69. The molecular formula is C14H21N. The van der Waals surface area contributed by atoms with Crippen molar-refractivity contribution >= 4 is 0 Å². The van der Waals surface area contributed by atoms with Crippen molar-refractivity contribution in [2.45, 2.75) is 52.1 Å². The molecule has 1 fully saturated rings. The summed E-state index contributed by atoms with van der Waals surface area (Å²) in [5.41, 5.74) is 4.22. The first kappa shape index (κ1) is 10.7. The van der Waals surface area contributed by atoms with Crippen LogP contribution in [0.25, 0.3) is 0 Å². The Bertz CT molecular complexity index is 339. The zero-order valence-corrected chi connectivity index (χ0v) is 10.0. The fraction of sp³-hybridized carbons (Fsp3) is 0.571. The first-order valence-electron chi connectivity index (χ1n) is 6.00. The summed E-state index contributed by atoms with van der Waals surface area (Å²) in [7, 11) is 0. The molecule has 1 aliphatic rings. The van der Waals surface area contributed by atoms with Gasteiger partial charge in [-0.25, -0.2) is 0 Å². The largest absolute Gasteiger partial charge is 0.307 e. The third-order valence-electron chi connectivity index (χ3n) is 3.48. The van der Waals surface area contributed by atoms with Crippen LogP contribution in [0.4, 0.5) is 0 Å². The lowest BCUT2D eigenvalue weighted by Gasteiger charge is -2.30. The molecule has 0 heterocycles. The number of aryl methyl sites for hydroxylation is 2. The molecule has 1 saturated carbocycles. The molecule has 1 aliphatic carbocycles. The number of nitrogens with one attached hydrogen (secondary N) is 1. The molecule has 0 aromatic heterocycles. The summed E-state index contributed by atoms with van der Waals surface area (Å²) in [6, 6.07) is 8.01. The molecule has 2 rings (SSSR count). The van der Waals surface area contributed by atoms with Crippen molar-refractivity contribution in [3.05, 3.63) is 34.9 Å². The smallest absolute Gasteiger partial charge is 0.0296 e. The lowest BCUT2D eigenvalue weighted by molar-refractivity contribution is 0.313. The maximum atomic E-state index is 3.69. The Morgan fingerprint density at radius 1 is 1.27 bits per heavy atom. The molecule has 82 valence electrons. The van der Waals surface area contributed by atoms with Crippen molar-refractivity contribution in [2.75, 3.05) is 0 Å². The molecular weight excluding hydrogens is 182 g/mol. The van der Waals surface area contributed by atoms with Crippen LogP contribution in [0.15, 0.2) is 18.2 Å². The van der Waals surface area contributed by atoms with E-state index in [1.807, 2.05) is 0 Å². The van der Waals surface area contributed by atoms with Crippen LogP contribution >= 0.6 is 0 Å². The van der Waals surface area contributed by atoms with Crippen molar-refractivity contribution in [2.24, 2.45) is 0 Å². The van der Waals surface area contributed by atoms with Gasteiger partial charge in [0.05, 0.1) is 0 Å². The fourth-order valence-electron chi connectivity index (χ4n) is 2.33. The Labute approximate surface area is 92.9 Å². The third kappa shape index (κ3) is 2.40. The maximum absolute atomic E-state index is 3.69. The highest BCUT2D eigenvalue weighted by Gasteiger charge is 2.20.